The molecule has 0 bridgehead atoms. The first kappa shape index (κ1) is 34.9. The fraction of sp³-hybridized carbons (Fsp3) is 0.158. The van der Waals surface area contributed by atoms with E-state index in [0.29, 0.717) is 6.54 Å². The number of H-pyrrole nitrogens is 1. The molecule has 1 fully saturated rings. The first-order valence-corrected chi connectivity index (χ1v) is 18.0. The molecule has 7 rings (SSSR count). The van der Waals surface area contributed by atoms with Crippen molar-refractivity contribution in [1.29, 1.82) is 0 Å². The van der Waals surface area contributed by atoms with Gasteiger partial charge in [-0.05, 0) is 39.0 Å². The summed E-state index contributed by atoms with van der Waals surface area (Å²) in [6.45, 7) is -0.267. The van der Waals surface area contributed by atoms with Crippen molar-refractivity contribution in [3.8, 4) is 11.3 Å². The lowest BCUT2D eigenvalue weighted by molar-refractivity contribution is -0.0452. The second kappa shape index (κ2) is 15.0. The number of ether oxygens (including phenoxy) is 1. The molecule has 0 unspecified atom stereocenters. The van der Waals surface area contributed by atoms with E-state index in [1.807, 2.05) is 66.7 Å². The minimum atomic E-state index is -4.90. The quantitative estimate of drug-likeness (QED) is 0.109. The fourth-order valence-corrected chi connectivity index (χ4v) is 6.97. The number of phosphoric acid groups is 1. The Hall–Kier alpha value is -5.53. The summed E-state index contributed by atoms with van der Waals surface area (Å²) in [4.78, 5) is 46.3. The van der Waals surface area contributed by atoms with Gasteiger partial charge in [-0.2, -0.15) is 0 Å². The van der Waals surface area contributed by atoms with E-state index >= 15 is 0 Å². The van der Waals surface area contributed by atoms with Crippen LogP contribution in [0.2, 0.25) is 0 Å². The first-order valence-electron chi connectivity index (χ1n) is 16.4. The molecule has 0 amide bonds. The molecule has 3 heterocycles. The summed E-state index contributed by atoms with van der Waals surface area (Å²) in [5, 5.41) is 18.0. The van der Waals surface area contributed by atoms with E-state index in [9.17, 15) is 29.0 Å². The largest absolute Gasteiger partial charge is 0.469 e. The standard InChI is InChI=1S/C38H34N5O8P/c44-24-33-32(51-52(47,48)49)20-34(50-33)43-22-30(37(45)39-38(43)46)31-23-42(41-40-31)21-25-16-18-29(19-17-25)36(28-14-8-3-9-15-28)35(26-10-4-1-5-11-26)27-12-6-2-7-13-27/h1-19,22-23,32-34,44H,20-21,24H2,(H,39,45,46)(H2,47,48,49)/t32-,33+,34+/m0/s1. The number of nitrogens with one attached hydrogen (secondary N) is 1. The van der Waals surface area contributed by atoms with Gasteiger partial charge in [0.1, 0.15) is 24.1 Å². The molecule has 0 aliphatic carbocycles. The summed E-state index contributed by atoms with van der Waals surface area (Å²) in [5.41, 5.74) is 6.10. The Kier molecular flexibility index (Phi) is 10.1. The van der Waals surface area contributed by atoms with Crippen LogP contribution >= 0.6 is 7.82 Å². The monoisotopic (exact) mass is 719 g/mol. The Labute approximate surface area is 297 Å². The zero-order valence-electron chi connectivity index (χ0n) is 27.6. The Morgan fingerprint density at radius 3 is 1.87 bits per heavy atom. The van der Waals surface area contributed by atoms with Crippen molar-refractivity contribution in [3.63, 3.8) is 0 Å². The van der Waals surface area contributed by atoms with Crippen LogP contribution in [-0.2, 0) is 20.4 Å². The number of nitrogens with zero attached hydrogens (tertiary/aromatic N) is 4. The summed E-state index contributed by atoms with van der Waals surface area (Å²) < 4.78 is 24.5. The average molecular weight is 720 g/mol. The lowest BCUT2D eigenvalue weighted by atomic mass is 9.85. The molecular weight excluding hydrogens is 685 g/mol. The topological polar surface area (TPSA) is 182 Å². The van der Waals surface area contributed by atoms with Crippen LogP contribution in [0.4, 0.5) is 0 Å². The minimum Gasteiger partial charge on any atom is -0.394 e. The van der Waals surface area contributed by atoms with Crippen molar-refractivity contribution < 1.29 is 28.7 Å². The van der Waals surface area contributed by atoms with Gasteiger partial charge in [0.15, 0.2) is 0 Å². The third-order valence-electron chi connectivity index (χ3n) is 8.75. The molecule has 264 valence electrons. The number of hydrogen-bond acceptors (Lipinski definition) is 8. The molecule has 4 N–H and O–H groups in total. The van der Waals surface area contributed by atoms with Crippen molar-refractivity contribution in [1.82, 2.24) is 24.5 Å². The van der Waals surface area contributed by atoms with E-state index in [1.165, 1.54) is 6.20 Å². The van der Waals surface area contributed by atoms with E-state index in [1.54, 1.807) is 10.9 Å². The number of rotatable bonds is 11. The Bertz CT molecular complexity index is 2310. The van der Waals surface area contributed by atoms with E-state index in [-0.39, 0.29) is 17.7 Å². The summed E-state index contributed by atoms with van der Waals surface area (Å²) in [5.74, 6) is 0. The van der Waals surface area contributed by atoms with Gasteiger partial charge in [0.05, 0.1) is 24.9 Å². The van der Waals surface area contributed by atoms with Gasteiger partial charge in [0, 0.05) is 12.6 Å². The van der Waals surface area contributed by atoms with Crippen molar-refractivity contribution in [3.05, 3.63) is 176 Å². The van der Waals surface area contributed by atoms with Gasteiger partial charge in [-0.15, -0.1) is 5.10 Å². The molecule has 3 atom stereocenters. The van der Waals surface area contributed by atoms with Gasteiger partial charge in [-0.3, -0.25) is 18.9 Å². The number of aromatic amines is 1. The molecule has 1 aliphatic heterocycles. The van der Waals surface area contributed by atoms with Crippen LogP contribution in [0.25, 0.3) is 22.4 Å². The second-order valence-electron chi connectivity index (χ2n) is 12.2. The zero-order chi connectivity index (χ0) is 36.2. The lowest BCUT2D eigenvalue weighted by Gasteiger charge is -2.18. The maximum absolute atomic E-state index is 12.9. The van der Waals surface area contributed by atoms with Crippen LogP contribution < -0.4 is 11.2 Å². The summed E-state index contributed by atoms with van der Waals surface area (Å²) in [7, 11) is -4.90. The molecule has 1 saturated heterocycles. The van der Waals surface area contributed by atoms with Crippen molar-refractivity contribution >= 4 is 19.0 Å². The average Bonchev–Trinajstić information content (AvgIpc) is 3.78. The van der Waals surface area contributed by atoms with Gasteiger partial charge in [0.25, 0.3) is 5.56 Å². The normalized spacial score (nSPS) is 17.2. The highest BCUT2D eigenvalue weighted by Gasteiger charge is 2.40. The number of aromatic nitrogens is 5. The van der Waals surface area contributed by atoms with Crippen LogP contribution in [0, 0.1) is 0 Å². The molecule has 2 aromatic heterocycles. The minimum absolute atomic E-state index is 0.0247. The van der Waals surface area contributed by atoms with Gasteiger partial charge in [-0.1, -0.05) is 120 Å². The zero-order valence-corrected chi connectivity index (χ0v) is 28.5. The maximum Gasteiger partial charge on any atom is 0.469 e. The molecule has 0 spiro atoms. The number of aliphatic hydroxyl groups is 1. The van der Waals surface area contributed by atoms with Crippen LogP contribution in [0.15, 0.2) is 137 Å². The van der Waals surface area contributed by atoms with Gasteiger partial charge in [0.2, 0.25) is 0 Å². The molecule has 0 radical (unpaired) electrons. The molecular formula is C38H34N5O8P. The molecule has 0 saturated carbocycles. The Balaban J connectivity index is 1.17. The van der Waals surface area contributed by atoms with E-state index in [2.05, 4.69) is 63.8 Å². The van der Waals surface area contributed by atoms with E-state index in [0.717, 1.165) is 43.5 Å². The van der Waals surface area contributed by atoms with Crippen LogP contribution in [0.3, 0.4) is 0 Å². The lowest BCUT2D eigenvalue weighted by Crippen LogP contribution is -2.33. The SMILES string of the molecule is O=c1[nH]c(=O)n([C@H]2C[C@H](OP(=O)(O)O)[C@@H](CO)O2)cc1-c1cn(Cc2ccc(C(=C(c3ccccc3)c3ccccc3)c3ccccc3)cc2)nn1. The summed E-state index contributed by atoms with van der Waals surface area (Å²) in [6, 6.07) is 39.1. The first-order chi connectivity index (χ1) is 25.2. The third-order valence-corrected chi connectivity index (χ3v) is 9.30. The molecule has 52 heavy (non-hydrogen) atoms. The van der Waals surface area contributed by atoms with E-state index in [4.69, 9.17) is 9.26 Å². The summed E-state index contributed by atoms with van der Waals surface area (Å²) in [6.07, 6.45) is -0.703. The molecule has 14 heteroatoms. The Morgan fingerprint density at radius 2 is 1.35 bits per heavy atom. The van der Waals surface area contributed by atoms with Crippen molar-refractivity contribution in [2.45, 2.75) is 31.4 Å². The number of aliphatic hydroxyl groups excluding tert-OH is 1. The number of benzene rings is 4. The third kappa shape index (κ3) is 7.70. The predicted molar refractivity (Wildman–Crippen MR) is 193 cm³/mol. The van der Waals surface area contributed by atoms with E-state index < -0.39 is 44.1 Å². The van der Waals surface area contributed by atoms with Gasteiger partial charge in [-0.25, -0.2) is 14.0 Å². The van der Waals surface area contributed by atoms with Gasteiger partial charge >= 0.3 is 13.5 Å². The maximum atomic E-state index is 12.9. The number of phosphoric ester groups is 1. The fourth-order valence-electron chi connectivity index (χ4n) is 6.39. The molecule has 6 aromatic rings. The summed E-state index contributed by atoms with van der Waals surface area (Å²) >= 11 is 0. The number of hydrogen-bond donors (Lipinski definition) is 4. The van der Waals surface area contributed by atoms with Crippen LogP contribution in [-0.4, -0.2) is 58.3 Å². The molecule has 1 aliphatic rings. The highest BCUT2D eigenvalue weighted by Crippen LogP contribution is 2.43. The highest BCUT2D eigenvalue weighted by atomic mass is 31.2. The second-order valence-corrected chi connectivity index (χ2v) is 13.4. The van der Waals surface area contributed by atoms with Crippen molar-refractivity contribution in [2.75, 3.05) is 6.61 Å². The molecule has 13 nitrogen and oxygen atoms in total. The van der Waals surface area contributed by atoms with Crippen LogP contribution in [0.5, 0.6) is 0 Å². The molecule has 4 aromatic carbocycles. The van der Waals surface area contributed by atoms with Gasteiger partial charge < -0.3 is 19.6 Å². The van der Waals surface area contributed by atoms with Crippen molar-refractivity contribution in [2.24, 2.45) is 0 Å². The highest BCUT2D eigenvalue weighted by molar-refractivity contribution is 7.46. The Morgan fingerprint density at radius 1 is 0.808 bits per heavy atom. The van der Waals surface area contributed by atoms with Crippen LogP contribution in [0.1, 0.15) is 40.5 Å². The predicted octanol–water partition coefficient (Wildman–Crippen LogP) is 4.61. The smallest absolute Gasteiger partial charge is 0.394 e.